The molecule has 0 bridgehead atoms. The molecule has 0 aliphatic heterocycles. The van der Waals surface area contributed by atoms with E-state index in [4.69, 9.17) is 10.5 Å². The first-order chi connectivity index (χ1) is 9.99. The average molecular weight is 378 g/mol. The van der Waals surface area contributed by atoms with Crippen LogP contribution in [0.25, 0.3) is 0 Å². The van der Waals surface area contributed by atoms with Crippen LogP contribution in [0.3, 0.4) is 0 Å². The number of carbonyl (C=O) groups excluding carboxylic acids is 1. The summed E-state index contributed by atoms with van der Waals surface area (Å²) in [6, 6.07) is 2.87. The Kier molecular flexibility index (Phi) is 8.11. The Morgan fingerprint density at radius 1 is 1.43 bits per heavy atom. The molecular formula is C15H21BrFNO2S. The SMILES string of the molecule is CCCCOC(=O)C(CCC)Sc1cc(N)c(F)cc1Br. The lowest BCUT2D eigenvalue weighted by molar-refractivity contribution is -0.143. The summed E-state index contributed by atoms with van der Waals surface area (Å²) in [5.74, 6) is -0.686. The van der Waals surface area contributed by atoms with Gasteiger partial charge in [0.25, 0.3) is 0 Å². The molecule has 21 heavy (non-hydrogen) atoms. The molecule has 1 aromatic carbocycles. The topological polar surface area (TPSA) is 52.3 Å². The molecule has 6 heteroatoms. The first-order valence-electron chi connectivity index (χ1n) is 7.07. The first kappa shape index (κ1) is 18.3. The van der Waals surface area contributed by atoms with Crippen LogP contribution in [0.1, 0.15) is 39.5 Å². The maximum absolute atomic E-state index is 13.4. The van der Waals surface area contributed by atoms with Crippen molar-refractivity contribution in [3.63, 3.8) is 0 Å². The lowest BCUT2D eigenvalue weighted by Gasteiger charge is -2.16. The van der Waals surface area contributed by atoms with E-state index in [2.05, 4.69) is 15.9 Å². The van der Waals surface area contributed by atoms with Crippen LogP contribution >= 0.6 is 27.7 Å². The molecule has 0 aliphatic carbocycles. The fourth-order valence-corrected chi connectivity index (χ4v) is 3.47. The summed E-state index contributed by atoms with van der Waals surface area (Å²) in [6.07, 6.45) is 3.43. The van der Waals surface area contributed by atoms with Crippen LogP contribution in [-0.2, 0) is 9.53 Å². The highest BCUT2D eigenvalue weighted by Gasteiger charge is 2.22. The Morgan fingerprint density at radius 3 is 2.76 bits per heavy atom. The highest BCUT2D eigenvalue weighted by molar-refractivity contribution is 9.10. The van der Waals surface area contributed by atoms with Crippen LogP contribution in [0.4, 0.5) is 10.1 Å². The Hall–Kier alpha value is -0.750. The fraction of sp³-hybridized carbons (Fsp3) is 0.533. The fourth-order valence-electron chi connectivity index (χ4n) is 1.69. The van der Waals surface area contributed by atoms with E-state index in [1.165, 1.54) is 17.8 Å². The molecule has 1 atom stereocenters. The molecule has 0 amide bonds. The second-order valence-corrected chi connectivity index (χ2v) is 6.82. The first-order valence-corrected chi connectivity index (χ1v) is 8.74. The van der Waals surface area contributed by atoms with Gasteiger partial charge in [-0.2, -0.15) is 0 Å². The van der Waals surface area contributed by atoms with E-state index in [-0.39, 0.29) is 16.9 Å². The van der Waals surface area contributed by atoms with Gasteiger partial charge < -0.3 is 10.5 Å². The number of carbonyl (C=O) groups is 1. The molecule has 0 saturated heterocycles. The van der Waals surface area contributed by atoms with Crippen molar-refractivity contribution in [2.24, 2.45) is 0 Å². The van der Waals surface area contributed by atoms with Crippen molar-refractivity contribution in [2.45, 2.75) is 49.7 Å². The summed E-state index contributed by atoms with van der Waals surface area (Å²) < 4.78 is 19.2. The minimum absolute atomic E-state index is 0.0790. The molecule has 3 nitrogen and oxygen atoms in total. The summed E-state index contributed by atoms with van der Waals surface area (Å²) in [4.78, 5) is 12.9. The summed E-state index contributed by atoms with van der Waals surface area (Å²) in [7, 11) is 0. The van der Waals surface area contributed by atoms with Crippen molar-refractivity contribution >= 4 is 39.3 Å². The Labute approximate surface area is 137 Å². The molecule has 0 heterocycles. The zero-order valence-corrected chi connectivity index (χ0v) is 14.7. The predicted molar refractivity (Wildman–Crippen MR) is 88.9 cm³/mol. The number of nitrogens with two attached hydrogens (primary N) is 1. The second-order valence-electron chi connectivity index (χ2n) is 4.72. The lowest BCUT2D eigenvalue weighted by Crippen LogP contribution is -2.20. The zero-order chi connectivity index (χ0) is 15.8. The number of unbranched alkanes of at least 4 members (excludes halogenated alkanes) is 1. The third-order valence-electron chi connectivity index (χ3n) is 2.88. The predicted octanol–water partition coefficient (Wildman–Crippen LogP) is 4.77. The summed E-state index contributed by atoms with van der Waals surface area (Å²) in [5, 5.41) is -0.298. The van der Waals surface area contributed by atoms with Crippen molar-refractivity contribution in [3.05, 3.63) is 22.4 Å². The molecule has 0 spiro atoms. The summed E-state index contributed by atoms with van der Waals surface area (Å²) in [5.41, 5.74) is 5.67. The minimum atomic E-state index is -0.469. The number of benzene rings is 1. The van der Waals surface area contributed by atoms with Gasteiger partial charge in [0.15, 0.2) is 0 Å². The largest absolute Gasteiger partial charge is 0.465 e. The van der Waals surface area contributed by atoms with E-state index in [0.29, 0.717) is 17.5 Å². The maximum Gasteiger partial charge on any atom is 0.319 e. The number of ether oxygens (including phenoxy) is 1. The molecule has 118 valence electrons. The number of rotatable bonds is 8. The van der Waals surface area contributed by atoms with Crippen molar-refractivity contribution in [2.75, 3.05) is 12.3 Å². The van der Waals surface area contributed by atoms with Crippen LogP contribution < -0.4 is 5.73 Å². The van der Waals surface area contributed by atoms with E-state index in [1.807, 2.05) is 13.8 Å². The standard InChI is InChI=1S/C15H21BrFNO2S/c1-3-5-7-20-15(19)13(6-4-2)21-14-9-12(18)11(17)8-10(14)16/h8-9,13H,3-7,18H2,1-2H3. The minimum Gasteiger partial charge on any atom is -0.465 e. The van der Waals surface area contributed by atoms with Crippen LogP contribution in [-0.4, -0.2) is 17.8 Å². The van der Waals surface area contributed by atoms with Gasteiger partial charge in [0.2, 0.25) is 0 Å². The number of esters is 1. The molecule has 0 radical (unpaired) electrons. The molecule has 0 saturated carbocycles. The van der Waals surface area contributed by atoms with E-state index in [1.54, 1.807) is 6.07 Å². The van der Waals surface area contributed by atoms with Crippen molar-refractivity contribution in [3.8, 4) is 0 Å². The van der Waals surface area contributed by atoms with Crippen molar-refractivity contribution in [1.29, 1.82) is 0 Å². The summed E-state index contributed by atoms with van der Waals surface area (Å²) >= 11 is 4.67. The molecular weight excluding hydrogens is 357 g/mol. The molecule has 1 rings (SSSR count). The van der Waals surface area contributed by atoms with Crippen LogP contribution in [0.2, 0.25) is 0 Å². The Morgan fingerprint density at radius 2 is 2.14 bits per heavy atom. The van der Waals surface area contributed by atoms with Gasteiger partial charge >= 0.3 is 5.97 Å². The Balaban J connectivity index is 2.78. The van der Waals surface area contributed by atoms with Gasteiger partial charge in [-0.25, -0.2) is 4.39 Å². The van der Waals surface area contributed by atoms with Crippen LogP contribution in [0.15, 0.2) is 21.5 Å². The van der Waals surface area contributed by atoms with Gasteiger partial charge in [-0.1, -0.05) is 26.7 Å². The highest BCUT2D eigenvalue weighted by Crippen LogP contribution is 2.35. The molecule has 1 unspecified atom stereocenters. The van der Waals surface area contributed by atoms with Gasteiger partial charge in [-0.3, -0.25) is 4.79 Å². The second kappa shape index (κ2) is 9.30. The van der Waals surface area contributed by atoms with Gasteiger partial charge in [0.1, 0.15) is 11.1 Å². The third kappa shape index (κ3) is 5.87. The van der Waals surface area contributed by atoms with Crippen LogP contribution in [0, 0.1) is 5.82 Å². The van der Waals surface area contributed by atoms with Crippen molar-refractivity contribution < 1.29 is 13.9 Å². The quantitative estimate of drug-likeness (QED) is 0.306. The molecule has 0 aromatic heterocycles. The van der Waals surface area contributed by atoms with Gasteiger partial charge in [0.05, 0.1) is 12.3 Å². The normalized spacial score (nSPS) is 12.2. The zero-order valence-electron chi connectivity index (χ0n) is 12.3. The maximum atomic E-state index is 13.4. The van der Waals surface area contributed by atoms with E-state index in [0.717, 1.165) is 24.2 Å². The van der Waals surface area contributed by atoms with E-state index >= 15 is 0 Å². The van der Waals surface area contributed by atoms with Crippen LogP contribution in [0.5, 0.6) is 0 Å². The van der Waals surface area contributed by atoms with E-state index in [9.17, 15) is 9.18 Å². The molecule has 0 fully saturated rings. The number of halogens is 2. The Bertz CT molecular complexity index is 485. The number of hydrogen-bond donors (Lipinski definition) is 1. The smallest absolute Gasteiger partial charge is 0.319 e. The third-order valence-corrected chi connectivity index (χ3v) is 5.10. The number of anilines is 1. The highest BCUT2D eigenvalue weighted by atomic mass is 79.9. The van der Waals surface area contributed by atoms with Gasteiger partial charge in [-0.15, -0.1) is 11.8 Å². The number of thioether (sulfide) groups is 1. The molecule has 0 aliphatic rings. The lowest BCUT2D eigenvalue weighted by atomic mass is 10.2. The summed E-state index contributed by atoms with van der Waals surface area (Å²) in [6.45, 7) is 4.51. The van der Waals surface area contributed by atoms with Crippen molar-refractivity contribution in [1.82, 2.24) is 0 Å². The van der Waals surface area contributed by atoms with Gasteiger partial charge in [0, 0.05) is 9.37 Å². The number of nitrogen functional groups attached to an aromatic ring is 1. The molecule has 1 aromatic rings. The van der Waals surface area contributed by atoms with Gasteiger partial charge in [-0.05, 0) is 40.9 Å². The van der Waals surface area contributed by atoms with E-state index < -0.39 is 5.82 Å². The monoisotopic (exact) mass is 377 g/mol. The molecule has 2 N–H and O–H groups in total. The average Bonchev–Trinajstić information content (AvgIpc) is 2.44. The number of hydrogen-bond acceptors (Lipinski definition) is 4.